The van der Waals surface area contributed by atoms with E-state index in [0.29, 0.717) is 21.6 Å². The topological polar surface area (TPSA) is 58.6 Å². The number of fused-ring (bicyclic) bond motifs is 1. The number of aromatic nitrogens is 3. The molecule has 3 rings (SSSR count). The molecule has 0 spiro atoms. The molecule has 2 heterocycles. The van der Waals surface area contributed by atoms with Gasteiger partial charge in [0.25, 0.3) is 5.56 Å². The maximum absolute atomic E-state index is 11.4. The third kappa shape index (κ3) is 3.61. The molecule has 2 aromatic heterocycles. The third-order valence-electron chi connectivity index (χ3n) is 2.99. The lowest BCUT2D eigenvalue weighted by molar-refractivity contribution is 0.905. The van der Waals surface area contributed by atoms with Crippen LogP contribution < -0.4 is 5.56 Å². The van der Waals surface area contributed by atoms with Crippen molar-refractivity contribution in [3.63, 3.8) is 0 Å². The van der Waals surface area contributed by atoms with Crippen LogP contribution in [0.3, 0.4) is 0 Å². The Balaban J connectivity index is 0.00000176. The Kier molecular flexibility index (Phi) is 5.45. The molecule has 114 valence electrons. The number of nitrogens with one attached hydrogen (secondary N) is 1. The average molecular weight is 354 g/mol. The van der Waals surface area contributed by atoms with Crippen molar-refractivity contribution in [2.75, 3.05) is 0 Å². The van der Waals surface area contributed by atoms with Gasteiger partial charge in [0, 0.05) is 34.7 Å². The van der Waals surface area contributed by atoms with Gasteiger partial charge in [0.15, 0.2) is 5.16 Å². The van der Waals surface area contributed by atoms with Crippen molar-refractivity contribution in [3.05, 3.63) is 63.2 Å². The first-order valence-corrected chi connectivity index (χ1v) is 7.73. The molecule has 0 unspecified atom stereocenters. The van der Waals surface area contributed by atoms with Crippen molar-refractivity contribution in [1.82, 2.24) is 15.0 Å². The lowest BCUT2D eigenvalue weighted by atomic mass is 10.2. The predicted octanol–water partition coefficient (Wildman–Crippen LogP) is 3.99. The highest BCUT2D eigenvalue weighted by Gasteiger charge is 2.08. The largest absolute Gasteiger partial charge is 0.301 e. The molecule has 0 aliphatic heterocycles. The van der Waals surface area contributed by atoms with Gasteiger partial charge in [0.2, 0.25) is 0 Å². The highest BCUT2D eigenvalue weighted by atomic mass is 35.5. The van der Waals surface area contributed by atoms with E-state index >= 15 is 0 Å². The zero-order chi connectivity index (χ0) is 14.8. The zero-order valence-corrected chi connectivity index (χ0v) is 14.1. The van der Waals surface area contributed by atoms with E-state index in [2.05, 4.69) is 15.0 Å². The Morgan fingerprint density at radius 2 is 2.09 bits per heavy atom. The fourth-order valence-corrected chi connectivity index (χ4v) is 3.26. The van der Waals surface area contributed by atoms with Crippen LogP contribution >= 0.6 is 35.8 Å². The number of thioether (sulfide) groups is 1. The first-order valence-electron chi connectivity index (χ1n) is 6.36. The number of nitrogens with zero attached hydrogens (tertiary/aromatic N) is 2. The standard InChI is InChI=1S/C15H12ClN3OS.ClH/c1-9-6-13(20)19-15(18-9)21-8-10-7-17-12-5-3-2-4-11(12)14(10)16;/h2-7H,8H2,1H3,(H,18,19,20);1H. The molecule has 0 saturated carbocycles. The summed E-state index contributed by atoms with van der Waals surface area (Å²) in [6.45, 7) is 1.80. The number of pyridine rings is 1. The summed E-state index contributed by atoms with van der Waals surface area (Å²) in [6.07, 6.45) is 1.77. The van der Waals surface area contributed by atoms with Gasteiger partial charge in [-0.3, -0.25) is 9.78 Å². The minimum atomic E-state index is -0.146. The van der Waals surface area contributed by atoms with E-state index in [1.807, 2.05) is 24.3 Å². The van der Waals surface area contributed by atoms with Crippen LogP contribution in [0.5, 0.6) is 0 Å². The summed E-state index contributed by atoms with van der Waals surface area (Å²) in [5, 5.41) is 2.22. The summed E-state index contributed by atoms with van der Waals surface area (Å²) in [5.41, 5.74) is 2.35. The second-order valence-electron chi connectivity index (χ2n) is 4.60. The van der Waals surface area contributed by atoms with Crippen molar-refractivity contribution in [3.8, 4) is 0 Å². The molecule has 3 aromatic rings. The quantitative estimate of drug-likeness (QED) is 0.571. The smallest absolute Gasteiger partial charge is 0.251 e. The number of hydrogen-bond donors (Lipinski definition) is 1. The second kappa shape index (κ2) is 7.13. The molecule has 0 bridgehead atoms. The van der Waals surface area contributed by atoms with E-state index in [1.165, 1.54) is 17.8 Å². The highest BCUT2D eigenvalue weighted by Crippen LogP contribution is 2.29. The minimum Gasteiger partial charge on any atom is -0.301 e. The second-order valence-corrected chi connectivity index (χ2v) is 5.94. The summed E-state index contributed by atoms with van der Waals surface area (Å²) >= 11 is 7.86. The Morgan fingerprint density at radius 1 is 1.32 bits per heavy atom. The molecule has 0 aliphatic carbocycles. The molecule has 0 aliphatic rings. The third-order valence-corrected chi connectivity index (χ3v) is 4.36. The van der Waals surface area contributed by atoms with Crippen LogP contribution in [0.1, 0.15) is 11.3 Å². The first kappa shape index (κ1) is 16.8. The van der Waals surface area contributed by atoms with E-state index in [1.54, 1.807) is 13.1 Å². The van der Waals surface area contributed by atoms with E-state index in [0.717, 1.165) is 16.5 Å². The molecular formula is C15H13Cl2N3OS. The predicted molar refractivity (Wildman–Crippen MR) is 93.2 cm³/mol. The van der Waals surface area contributed by atoms with Crippen LogP contribution in [0.2, 0.25) is 5.02 Å². The number of hydrogen-bond acceptors (Lipinski definition) is 4. The van der Waals surface area contributed by atoms with Gasteiger partial charge in [-0.25, -0.2) is 4.98 Å². The lowest BCUT2D eigenvalue weighted by Crippen LogP contribution is -2.08. The summed E-state index contributed by atoms with van der Waals surface area (Å²) in [7, 11) is 0. The van der Waals surface area contributed by atoms with Gasteiger partial charge >= 0.3 is 0 Å². The van der Waals surface area contributed by atoms with E-state index < -0.39 is 0 Å². The zero-order valence-electron chi connectivity index (χ0n) is 11.7. The maximum Gasteiger partial charge on any atom is 0.251 e. The van der Waals surface area contributed by atoms with Crippen molar-refractivity contribution in [1.29, 1.82) is 0 Å². The molecule has 7 heteroatoms. The molecule has 22 heavy (non-hydrogen) atoms. The van der Waals surface area contributed by atoms with Gasteiger partial charge in [0.05, 0.1) is 10.5 Å². The number of para-hydroxylation sites is 1. The van der Waals surface area contributed by atoms with Crippen LogP contribution in [0.4, 0.5) is 0 Å². The SMILES string of the molecule is Cc1cc(=O)[nH]c(SCc2cnc3ccccc3c2Cl)n1.Cl. The van der Waals surface area contributed by atoms with Gasteiger partial charge < -0.3 is 4.98 Å². The van der Waals surface area contributed by atoms with Gasteiger partial charge in [-0.15, -0.1) is 12.4 Å². The molecule has 0 radical (unpaired) electrons. The highest BCUT2D eigenvalue weighted by molar-refractivity contribution is 7.98. The maximum atomic E-state index is 11.4. The minimum absolute atomic E-state index is 0. The number of aromatic amines is 1. The number of halogens is 2. The normalized spacial score (nSPS) is 10.5. The Hall–Kier alpha value is -1.56. The van der Waals surface area contributed by atoms with Crippen LogP contribution in [0.25, 0.3) is 10.9 Å². The number of aryl methyl sites for hydroxylation is 1. The summed E-state index contributed by atoms with van der Waals surface area (Å²) in [6, 6.07) is 9.21. The lowest BCUT2D eigenvalue weighted by Gasteiger charge is -2.06. The summed E-state index contributed by atoms with van der Waals surface area (Å²) < 4.78 is 0. The van der Waals surface area contributed by atoms with Gasteiger partial charge in [0.1, 0.15) is 0 Å². The van der Waals surface area contributed by atoms with Crippen LogP contribution in [0.15, 0.2) is 46.5 Å². The summed E-state index contributed by atoms with van der Waals surface area (Å²) in [4.78, 5) is 22.8. The van der Waals surface area contributed by atoms with E-state index in [-0.39, 0.29) is 18.0 Å². The number of rotatable bonds is 3. The Morgan fingerprint density at radius 3 is 2.86 bits per heavy atom. The van der Waals surface area contributed by atoms with Gasteiger partial charge in [-0.05, 0) is 13.0 Å². The molecule has 1 N–H and O–H groups in total. The van der Waals surface area contributed by atoms with Crippen LogP contribution in [-0.4, -0.2) is 15.0 Å². The Labute approximate surface area is 142 Å². The van der Waals surface area contributed by atoms with E-state index in [9.17, 15) is 4.79 Å². The summed E-state index contributed by atoms with van der Waals surface area (Å²) in [5.74, 6) is 0.600. The molecule has 0 saturated heterocycles. The van der Waals surface area contributed by atoms with Gasteiger partial charge in [-0.1, -0.05) is 41.6 Å². The van der Waals surface area contributed by atoms with Crippen molar-refractivity contribution < 1.29 is 0 Å². The number of H-pyrrole nitrogens is 1. The van der Waals surface area contributed by atoms with Crippen LogP contribution in [0, 0.1) is 6.92 Å². The fraction of sp³-hybridized carbons (Fsp3) is 0.133. The van der Waals surface area contributed by atoms with Gasteiger partial charge in [-0.2, -0.15) is 0 Å². The molecular weight excluding hydrogens is 341 g/mol. The molecule has 4 nitrogen and oxygen atoms in total. The van der Waals surface area contributed by atoms with Crippen LogP contribution in [-0.2, 0) is 5.75 Å². The van der Waals surface area contributed by atoms with Crippen molar-refractivity contribution >= 4 is 46.7 Å². The first-order chi connectivity index (χ1) is 10.1. The molecule has 0 fully saturated rings. The molecule has 1 aromatic carbocycles. The fourth-order valence-electron chi connectivity index (χ4n) is 2.02. The Bertz CT molecular complexity index is 867. The average Bonchev–Trinajstić information content (AvgIpc) is 2.46. The van der Waals surface area contributed by atoms with Crippen molar-refractivity contribution in [2.24, 2.45) is 0 Å². The number of benzene rings is 1. The monoisotopic (exact) mass is 353 g/mol. The van der Waals surface area contributed by atoms with E-state index in [4.69, 9.17) is 11.6 Å². The molecule has 0 amide bonds. The van der Waals surface area contributed by atoms with Crippen molar-refractivity contribution in [2.45, 2.75) is 17.8 Å². The molecule has 0 atom stereocenters.